The Hall–Kier alpha value is -1.47. The first-order valence-corrected chi connectivity index (χ1v) is 8.16. The Morgan fingerprint density at radius 1 is 1.33 bits per heavy atom. The topological polar surface area (TPSA) is 83.5 Å². The zero-order valence-electron chi connectivity index (χ0n) is 12.3. The molecule has 0 saturated carbocycles. The number of carboxylic acids is 1. The van der Waals surface area contributed by atoms with Crippen molar-refractivity contribution in [1.29, 1.82) is 0 Å². The van der Waals surface area contributed by atoms with Crippen molar-refractivity contribution in [2.24, 2.45) is 5.41 Å². The molecule has 0 bridgehead atoms. The lowest BCUT2D eigenvalue weighted by Gasteiger charge is -2.26. The molecule has 118 valence electrons. The number of aryl methyl sites for hydroxylation is 1. The van der Waals surface area contributed by atoms with Gasteiger partial charge in [0, 0.05) is 6.54 Å². The van der Waals surface area contributed by atoms with E-state index in [-0.39, 0.29) is 11.4 Å². The summed E-state index contributed by atoms with van der Waals surface area (Å²) in [7, 11) is -3.95. The van der Waals surface area contributed by atoms with Crippen LogP contribution in [0.5, 0.6) is 0 Å². The van der Waals surface area contributed by atoms with Crippen molar-refractivity contribution in [1.82, 2.24) is 4.72 Å². The molecule has 2 N–H and O–H groups in total. The van der Waals surface area contributed by atoms with Gasteiger partial charge in [-0.3, -0.25) is 4.79 Å². The van der Waals surface area contributed by atoms with Gasteiger partial charge >= 0.3 is 5.97 Å². The van der Waals surface area contributed by atoms with Gasteiger partial charge in [0.25, 0.3) is 0 Å². The second-order valence-electron chi connectivity index (χ2n) is 5.03. The molecule has 7 heteroatoms. The van der Waals surface area contributed by atoms with Crippen LogP contribution in [-0.4, -0.2) is 26.0 Å². The Labute approximate surface area is 124 Å². The predicted molar refractivity (Wildman–Crippen MR) is 77.0 cm³/mol. The maximum absolute atomic E-state index is 13.2. The average molecular weight is 317 g/mol. The van der Waals surface area contributed by atoms with E-state index in [0.29, 0.717) is 18.4 Å². The Morgan fingerprint density at radius 3 is 2.38 bits per heavy atom. The van der Waals surface area contributed by atoms with E-state index in [1.54, 1.807) is 20.8 Å². The minimum absolute atomic E-state index is 0.172. The molecule has 1 aromatic carbocycles. The van der Waals surface area contributed by atoms with E-state index in [1.165, 1.54) is 12.1 Å². The number of hydrogen-bond donors (Lipinski definition) is 2. The quantitative estimate of drug-likeness (QED) is 0.808. The summed E-state index contributed by atoms with van der Waals surface area (Å²) >= 11 is 0. The van der Waals surface area contributed by atoms with Gasteiger partial charge in [-0.05, 0) is 37.5 Å². The molecule has 21 heavy (non-hydrogen) atoms. The van der Waals surface area contributed by atoms with Crippen LogP contribution in [0.3, 0.4) is 0 Å². The van der Waals surface area contributed by atoms with Crippen molar-refractivity contribution in [3.8, 4) is 0 Å². The minimum Gasteiger partial charge on any atom is -0.481 e. The highest BCUT2D eigenvalue weighted by molar-refractivity contribution is 7.89. The molecule has 0 aliphatic heterocycles. The summed E-state index contributed by atoms with van der Waals surface area (Å²) in [5.41, 5.74) is -0.758. The third-order valence-corrected chi connectivity index (χ3v) is 5.39. The highest BCUT2D eigenvalue weighted by atomic mass is 32.2. The summed E-state index contributed by atoms with van der Waals surface area (Å²) in [4.78, 5) is 11.2. The molecule has 0 aromatic heterocycles. The lowest BCUT2D eigenvalue weighted by Crippen LogP contribution is -2.42. The highest BCUT2D eigenvalue weighted by Gasteiger charge is 2.36. The number of aliphatic carboxylic acids is 1. The van der Waals surface area contributed by atoms with Gasteiger partial charge < -0.3 is 5.11 Å². The fraction of sp³-hybridized carbons (Fsp3) is 0.500. The lowest BCUT2D eigenvalue weighted by atomic mass is 9.83. The van der Waals surface area contributed by atoms with Crippen molar-refractivity contribution in [3.05, 3.63) is 29.6 Å². The van der Waals surface area contributed by atoms with E-state index in [4.69, 9.17) is 0 Å². The molecule has 0 aliphatic carbocycles. The molecule has 0 fully saturated rings. The third kappa shape index (κ3) is 3.79. The summed E-state index contributed by atoms with van der Waals surface area (Å²) in [5, 5.41) is 9.30. The lowest BCUT2D eigenvalue weighted by molar-refractivity contribution is -0.149. The Kier molecular flexibility index (Phi) is 5.47. The fourth-order valence-corrected chi connectivity index (χ4v) is 3.43. The Morgan fingerprint density at radius 2 is 1.90 bits per heavy atom. The van der Waals surface area contributed by atoms with Crippen LogP contribution in [0.4, 0.5) is 4.39 Å². The zero-order chi connectivity index (χ0) is 16.3. The van der Waals surface area contributed by atoms with Crippen LogP contribution in [0, 0.1) is 18.2 Å². The van der Waals surface area contributed by atoms with Crippen LogP contribution < -0.4 is 4.72 Å². The first-order valence-electron chi connectivity index (χ1n) is 6.67. The molecule has 0 aliphatic rings. The van der Waals surface area contributed by atoms with Gasteiger partial charge in [0.1, 0.15) is 5.82 Å². The largest absolute Gasteiger partial charge is 0.481 e. The van der Waals surface area contributed by atoms with E-state index in [9.17, 15) is 22.7 Å². The second-order valence-corrected chi connectivity index (χ2v) is 6.76. The molecule has 0 radical (unpaired) electrons. The van der Waals surface area contributed by atoms with Crippen LogP contribution in [0.25, 0.3) is 0 Å². The summed E-state index contributed by atoms with van der Waals surface area (Å²) in [6, 6.07) is 3.47. The molecule has 0 saturated heterocycles. The number of rotatable bonds is 7. The first-order chi connectivity index (χ1) is 9.68. The molecule has 1 rings (SSSR count). The van der Waals surface area contributed by atoms with Gasteiger partial charge in [0.05, 0.1) is 10.3 Å². The van der Waals surface area contributed by atoms with E-state index in [2.05, 4.69) is 4.72 Å². The molecule has 0 amide bonds. The number of hydrogen-bond acceptors (Lipinski definition) is 3. The van der Waals surface area contributed by atoms with E-state index in [1.807, 2.05) is 0 Å². The molecule has 0 unspecified atom stereocenters. The second kappa shape index (κ2) is 6.53. The number of carbonyl (C=O) groups is 1. The van der Waals surface area contributed by atoms with Crippen molar-refractivity contribution in [2.45, 2.75) is 38.5 Å². The summed E-state index contributed by atoms with van der Waals surface area (Å²) in [5.74, 6) is -1.71. The first kappa shape index (κ1) is 17.6. The highest BCUT2D eigenvalue weighted by Crippen LogP contribution is 2.27. The predicted octanol–water partition coefficient (Wildman–Crippen LogP) is 2.30. The number of carboxylic acid groups (broad SMARTS) is 1. The van der Waals surface area contributed by atoms with Crippen LogP contribution in [0.15, 0.2) is 23.1 Å². The third-order valence-electron chi connectivity index (χ3n) is 3.85. The minimum atomic E-state index is -3.95. The van der Waals surface area contributed by atoms with Gasteiger partial charge in [0.2, 0.25) is 10.0 Å². The van der Waals surface area contributed by atoms with Gasteiger partial charge in [-0.15, -0.1) is 0 Å². The van der Waals surface area contributed by atoms with Crippen LogP contribution >= 0.6 is 0 Å². The van der Waals surface area contributed by atoms with E-state index < -0.39 is 27.2 Å². The van der Waals surface area contributed by atoms with E-state index in [0.717, 1.165) is 6.07 Å². The maximum atomic E-state index is 13.2. The molecule has 0 spiro atoms. The molecule has 0 atom stereocenters. The Bertz CT molecular complexity index is 624. The molecular formula is C14H20FNO4S. The van der Waals surface area contributed by atoms with Gasteiger partial charge in [-0.25, -0.2) is 17.5 Å². The van der Waals surface area contributed by atoms with Crippen molar-refractivity contribution in [2.75, 3.05) is 6.54 Å². The molecule has 1 aromatic rings. The average Bonchev–Trinajstić information content (AvgIpc) is 2.42. The molecule has 5 nitrogen and oxygen atoms in total. The number of nitrogens with one attached hydrogen (secondary N) is 1. The van der Waals surface area contributed by atoms with Gasteiger partial charge in [0.15, 0.2) is 0 Å². The smallest absolute Gasteiger partial charge is 0.310 e. The monoisotopic (exact) mass is 317 g/mol. The number of sulfonamides is 1. The number of benzene rings is 1. The van der Waals surface area contributed by atoms with Crippen molar-refractivity contribution < 1.29 is 22.7 Å². The summed E-state index contributed by atoms with van der Waals surface area (Å²) in [6.07, 6.45) is 0.590. The van der Waals surface area contributed by atoms with Crippen LogP contribution in [0.2, 0.25) is 0 Å². The standard InChI is InChI=1S/C14H20FNO4S/c1-4-14(5-2,13(17)18)9-16-21(19,20)12-8-11(15)7-6-10(12)3/h6-8,16H,4-5,9H2,1-3H3,(H,17,18). The number of halogens is 1. The van der Waals surface area contributed by atoms with E-state index >= 15 is 0 Å². The summed E-state index contributed by atoms with van der Waals surface area (Å²) < 4.78 is 40.0. The normalized spacial score (nSPS) is 12.4. The zero-order valence-corrected chi connectivity index (χ0v) is 13.1. The van der Waals surface area contributed by atoms with Crippen LogP contribution in [-0.2, 0) is 14.8 Å². The van der Waals surface area contributed by atoms with Gasteiger partial charge in [-0.1, -0.05) is 19.9 Å². The van der Waals surface area contributed by atoms with Crippen molar-refractivity contribution >= 4 is 16.0 Å². The maximum Gasteiger partial charge on any atom is 0.310 e. The molecular weight excluding hydrogens is 297 g/mol. The van der Waals surface area contributed by atoms with Gasteiger partial charge in [-0.2, -0.15) is 0 Å². The molecule has 0 heterocycles. The van der Waals surface area contributed by atoms with Crippen LogP contribution in [0.1, 0.15) is 32.3 Å². The SMILES string of the molecule is CCC(CC)(CNS(=O)(=O)c1cc(F)ccc1C)C(=O)O. The fourth-order valence-electron chi connectivity index (χ4n) is 2.05. The summed E-state index contributed by atoms with van der Waals surface area (Å²) in [6.45, 7) is 4.71. The van der Waals surface area contributed by atoms with Crippen molar-refractivity contribution in [3.63, 3.8) is 0 Å². The Balaban J connectivity index is 3.06.